The van der Waals surface area contributed by atoms with Gasteiger partial charge < -0.3 is 5.32 Å². The Bertz CT molecular complexity index is 770. The number of nitrogens with one attached hydrogen (secondary N) is 2. The third kappa shape index (κ3) is 3.13. The Morgan fingerprint density at radius 3 is 2.61 bits per heavy atom. The van der Waals surface area contributed by atoms with Gasteiger partial charge in [0.15, 0.2) is 5.82 Å². The number of rotatable bonds is 6. The Kier molecular flexibility index (Phi) is 4.46. The smallest absolute Gasteiger partial charge is 0.174 e. The zero-order valence-corrected chi connectivity index (χ0v) is 13.9. The molecule has 3 rings (SSSR count). The van der Waals surface area contributed by atoms with Gasteiger partial charge in [-0.2, -0.15) is 10.2 Å². The van der Waals surface area contributed by atoms with Gasteiger partial charge in [-0.3, -0.25) is 5.10 Å². The molecule has 5 heteroatoms. The summed E-state index contributed by atoms with van der Waals surface area (Å²) in [4.78, 5) is 0. The van der Waals surface area contributed by atoms with E-state index in [9.17, 15) is 0 Å². The highest BCUT2D eigenvalue weighted by atomic mass is 15.3. The van der Waals surface area contributed by atoms with Crippen LogP contribution in [-0.4, -0.2) is 26.5 Å². The molecule has 0 saturated carbocycles. The predicted octanol–water partition coefficient (Wildman–Crippen LogP) is 4.09. The average molecular weight is 309 g/mol. The molecule has 2 N–H and O–H groups in total. The Morgan fingerprint density at radius 2 is 1.96 bits per heavy atom. The number of aryl methyl sites for hydroxylation is 2. The number of aromatic nitrogens is 4. The molecule has 5 nitrogen and oxygen atoms in total. The van der Waals surface area contributed by atoms with E-state index in [0.29, 0.717) is 0 Å². The van der Waals surface area contributed by atoms with Crippen LogP contribution in [0.15, 0.2) is 36.4 Å². The zero-order chi connectivity index (χ0) is 16.2. The molecule has 120 valence electrons. The lowest BCUT2D eigenvalue weighted by Crippen LogP contribution is -2.07. The van der Waals surface area contributed by atoms with Crippen molar-refractivity contribution in [1.29, 1.82) is 0 Å². The zero-order valence-electron chi connectivity index (χ0n) is 13.9. The number of H-pyrrole nitrogens is 1. The molecule has 2 heterocycles. The van der Waals surface area contributed by atoms with Gasteiger partial charge in [-0.1, -0.05) is 43.7 Å². The van der Waals surface area contributed by atoms with Gasteiger partial charge in [0.25, 0.3) is 0 Å². The Morgan fingerprint density at radius 1 is 1.17 bits per heavy atom. The van der Waals surface area contributed by atoms with Gasteiger partial charge in [-0.15, -0.1) is 0 Å². The van der Waals surface area contributed by atoms with Gasteiger partial charge in [0.2, 0.25) is 0 Å². The number of aromatic amines is 1. The first-order chi connectivity index (χ1) is 11.2. The van der Waals surface area contributed by atoms with Crippen molar-refractivity contribution in [3.63, 3.8) is 0 Å². The highest BCUT2D eigenvalue weighted by Crippen LogP contribution is 2.31. The summed E-state index contributed by atoms with van der Waals surface area (Å²) in [5, 5.41) is 15.8. The second-order valence-electron chi connectivity index (χ2n) is 5.78. The fraction of sp³-hybridized carbons (Fsp3) is 0.333. The topological polar surface area (TPSA) is 58.5 Å². The minimum atomic E-state index is 0.850. The van der Waals surface area contributed by atoms with Gasteiger partial charge in [0, 0.05) is 17.8 Å². The summed E-state index contributed by atoms with van der Waals surface area (Å²) in [5.41, 5.74) is 5.17. The van der Waals surface area contributed by atoms with Crippen LogP contribution in [0.25, 0.3) is 16.9 Å². The van der Waals surface area contributed by atoms with Crippen molar-refractivity contribution in [3.05, 3.63) is 47.8 Å². The summed E-state index contributed by atoms with van der Waals surface area (Å²) in [5.74, 6) is 0.850. The van der Waals surface area contributed by atoms with Gasteiger partial charge in [-0.05, 0) is 26.3 Å². The number of hydrogen-bond donors (Lipinski definition) is 2. The molecular formula is C18H23N5. The van der Waals surface area contributed by atoms with Crippen LogP contribution in [0.4, 0.5) is 5.82 Å². The van der Waals surface area contributed by atoms with E-state index in [4.69, 9.17) is 0 Å². The summed E-state index contributed by atoms with van der Waals surface area (Å²) in [6.45, 7) is 7.17. The maximum Gasteiger partial charge on any atom is 0.174 e. The molecule has 1 aromatic carbocycles. The lowest BCUT2D eigenvalue weighted by molar-refractivity contribution is 0.816. The van der Waals surface area contributed by atoms with Crippen LogP contribution in [0.2, 0.25) is 0 Å². The molecular weight excluding hydrogens is 286 g/mol. The van der Waals surface area contributed by atoms with Crippen LogP contribution in [0.5, 0.6) is 0 Å². The normalized spacial score (nSPS) is 10.9. The largest absolute Gasteiger partial charge is 0.367 e. The van der Waals surface area contributed by atoms with Gasteiger partial charge >= 0.3 is 0 Å². The molecule has 0 atom stereocenters. The molecule has 0 bridgehead atoms. The fourth-order valence-electron chi connectivity index (χ4n) is 2.71. The van der Waals surface area contributed by atoms with Gasteiger partial charge in [0.1, 0.15) is 5.69 Å². The van der Waals surface area contributed by atoms with Crippen molar-refractivity contribution in [2.75, 3.05) is 11.9 Å². The van der Waals surface area contributed by atoms with E-state index in [-0.39, 0.29) is 0 Å². The van der Waals surface area contributed by atoms with Crippen LogP contribution in [0.1, 0.15) is 31.2 Å². The van der Waals surface area contributed by atoms with E-state index < -0.39 is 0 Å². The van der Waals surface area contributed by atoms with Gasteiger partial charge in [0.05, 0.1) is 11.4 Å². The van der Waals surface area contributed by atoms with Crippen LogP contribution in [0, 0.1) is 13.8 Å². The van der Waals surface area contributed by atoms with Crippen LogP contribution >= 0.6 is 0 Å². The number of unbranched alkanes of at least 4 members (excludes halogenated alkanes) is 1. The molecule has 0 unspecified atom stereocenters. The summed E-state index contributed by atoms with van der Waals surface area (Å²) >= 11 is 0. The molecule has 0 amide bonds. The van der Waals surface area contributed by atoms with Crippen LogP contribution < -0.4 is 5.32 Å². The molecule has 0 aliphatic rings. The number of nitrogens with zero attached hydrogens (tertiary/aromatic N) is 3. The Labute approximate surface area is 136 Å². The van der Waals surface area contributed by atoms with E-state index in [2.05, 4.69) is 52.7 Å². The van der Waals surface area contributed by atoms with Crippen molar-refractivity contribution >= 4 is 5.82 Å². The van der Waals surface area contributed by atoms with Gasteiger partial charge in [-0.25, -0.2) is 4.68 Å². The quantitative estimate of drug-likeness (QED) is 0.674. The molecule has 23 heavy (non-hydrogen) atoms. The van der Waals surface area contributed by atoms with Crippen molar-refractivity contribution in [2.45, 2.75) is 33.6 Å². The van der Waals surface area contributed by atoms with E-state index >= 15 is 0 Å². The second kappa shape index (κ2) is 6.69. The van der Waals surface area contributed by atoms with E-state index in [1.165, 1.54) is 0 Å². The number of anilines is 1. The van der Waals surface area contributed by atoms with E-state index in [0.717, 1.165) is 53.5 Å². The first-order valence-electron chi connectivity index (χ1n) is 8.12. The molecule has 0 aliphatic carbocycles. The standard InChI is InChI=1S/C18H23N5/c1-4-5-11-19-18-17(23-14(3)12-13(2)22-23)16(20-21-18)15-9-7-6-8-10-15/h6-10,12H,4-5,11H2,1-3H3,(H2,19,20,21). The predicted molar refractivity (Wildman–Crippen MR) is 94.0 cm³/mol. The van der Waals surface area contributed by atoms with Crippen LogP contribution in [0.3, 0.4) is 0 Å². The lowest BCUT2D eigenvalue weighted by atomic mass is 10.1. The first kappa shape index (κ1) is 15.3. The monoisotopic (exact) mass is 309 g/mol. The van der Waals surface area contributed by atoms with Crippen molar-refractivity contribution in [2.24, 2.45) is 0 Å². The lowest BCUT2D eigenvalue weighted by Gasteiger charge is -2.10. The molecule has 2 aromatic heterocycles. The molecule has 0 fully saturated rings. The maximum absolute atomic E-state index is 4.64. The first-order valence-corrected chi connectivity index (χ1v) is 8.12. The average Bonchev–Trinajstić information content (AvgIpc) is 3.11. The minimum absolute atomic E-state index is 0.850. The summed E-state index contributed by atoms with van der Waals surface area (Å²) in [6.07, 6.45) is 2.27. The third-order valence-electron chi connectivity index (χ3n) is 3.85. The summed E-state index contributed by atoms with van der Waals surface area (Å²) < 4.78 is 1.97. The van der Waals surface area contributed by atoms with E-state index in [1.54, 1.807) is 0 Å². The number of hydrogen-bond acceptors (Lipinski definition) is 3. The van der Waals surface area contributed by atoms with Crippen molar-refractivity contribution in [1.82, 2.24) is 20.0 Å². The summed E-state index contributed by atoms with van der Waals surface area (Å²) in [7, 11) is 0. The fourth-order valence-corrected chi connectivity index (χ4v) is 2.71. The number of benzene rings is 1. The van der Waals surface area contributed by atoms with E-state index in [1.807, 2.05) is 29.8 Å². The van der Waals surface area contributed by atoms with Crippen molar-refractivity contribution in [3.8, 4) is 16.9 Å². The van der Waals surface area contributed by atoms with Crippen LogP contribution in [-0.2, 0) is 0 Å². The maximum atomic E-state index is 4.64. The molecule has 0 spiro atoms. The highest BCUT2D eigenvalue weighted by Gasteiger charge is 2.18. The molecule has 0 aliphatic heterocycles. The van der Waals surface area contributed by atoms with Crippen molar-refractivity contribution < 1.29 is 0 Å². The minimum Gasteiger partial charge on any atom is -0.367 e. The molecule has 0 radical (unpaired) electrons. The Balaban J connectivity index is 2.08. The molecule has 3 aromatic rings. The summed E-state index contributed by atoms with van der Waals surface area (Å²) in [6, 6.07) is 12.3. The third-order valence-corrected chi connectivity index (χ3v) is 3.85. The molecule has 0 saturated heterocycles. The highest BCUT2D eigenvalue weighted by molar-refractivity contribution is 5.76. The SMILES string of the molecule is CCCCNc1n[nH]c(-c2ccccc2)c1-n1nc(C)cc1C. The second-order valence-corrected chi connectivity index (χ2v) is 5.78. The Hall–Kier alpha value is -2.56.